The van der Waals surface area contributed by atoms with Crippen LogP contribution in [0.5, 0.6) is 11.5 Å². The van der Waals surface area contributed by atoms with E-state index in [-0.39, 0.29) is 0 Å². The molecule has 0 radical (unpaired) electrons. The Morgan fingerprint density at radius 3 is 1.81 bits per heavy atom. The Balaban J connectivity index is 1.65. The smallest absolute Gasteiger partial charge is 0.122 e. The number of rotatable bonds is 11. The fourth-order valence-corrected chi connectivity index (χ4v) is 4.14. The number of nitrogens with zero attached hydrogens (tertiary/aromatic N) is 2. The summed E-state index contributed by atoms with van der Waals surface area (Å²) in [5, 5.41) is 10.3. The van der Waals surface area contributed by atoms with Crippen LogP contribution in [0.3, 0.4) is 0 Å². The first-order valence-electron chi connectivity index (χ1n) is 11.0. The van der Waals surface area contributed by atoms with Gasteiger partial charge in [0, 0.05) is 12.6 Å². The van der Waals surface area contributed by atoms with Crippen molar-refractivity contribution in [2.75, 3.05) is 34.4 Å². The number of methoxy groups -OCH3 is 2. The maximum atomic E-state index is 10.3. The quantitative estimate of drug-likeness (QED) is 0.406. The standard InChI is InChI=1S/C28H32N2O2/c1-30(18-15-23-19-26(31-2)21-27(20-23)32-3)17-10-16-28(22-29,24-11-6-4-7-12-24)25-13-8-5-9-14-25/h4-9,11-14,19-21H,10,15-18H2,1-3H3. The number of ether oxygens (including phenoxy) is 2. The van der Waals surface area contributed by atoms with Gasteiger partial charge in [-0.3, -0.25) is 0 Å². The van der Waals surface area contributed by atoms with E-state index in [9.17, 15) is 5.26 Å². The van der Waals surface area contributed by atoms with E-state index in [1.54, 1.807) is 14.2 Å². The first kappa shape index (κ1) is 23.4. The van der Waals surface area contributed by atoms with Gasteiger partial charge in [0.15, 0.2) is 0 Å². The zero-order valence-corrected chi connectivity index (χ0v) is 19.3. The molecule has 0 aromatic heterocycles. The lowest BCUT2D eigenvalue weighted by molar-refractivity contribution is 0.321. The van der Waals surface area contributed by atoms with Gasteiger partial charge in [-0.1, -0.05) is 60.7 Å². The monoisotopic (exact) mass is 428 g/mol. The summed E-state index contributed by atoms with van der Waals surface area (Å²) < 4.78 is 10.8. The summed E-state index contributed by atoms with van der Waals surface area (Å²) in [7, 11) is 5.48. The molecule has 0 unspecified atom stereocenters. The van der Waals surface area contributed by atoms with Crippen LogP contribution in [0.4, 0.5) is 0 Å². The molecule has 0 aliphatic carbocycles. The van der Waals surface area contributed by atoms with Gasteiger partial charge < -0.3 is 14.4 Å². The van der Waals surface area contributed by atoms with E-state index in [1.165, 1.54) is 5.56 Å². The molecule has 0 atom stereocenters. The van der Waals surface area contributed by atoms with E-state index in [0.29, 0.717) is 0 Å². The van der Waals surface area contributed by atoms with Gasteiger partial charge >= 0.3 is 0 Å². The van der Waals surface area contributed by atoms with Crippen molar-refractivity contribution in [1.29, 1.82) is 5.26 Å². The number of hydrogen-bond donors (Lipinski definition) is 0. The first-order chi connectivity index (χ1) is 15.6. The summed E-state index contributed by atoms with van der Waals surface area (Å²) in [6, 6.07) is 29.0. The summed E-state index contributed by atoms with van der Waals surface area (Å²) in [4.78, 5) is 2.32. The number of likely N-dealkylation sites (N-methyl/N-ethyl adjacent to an activating group) is 1. The van der Waals surface area contributed by atoms with Gasteiger partial charge in [-0.15, -0.1) is 0 Å². The van der Waals surface area contributed by atoms with Crippen LogP contribution in [0, 0.1) is 11.3 Å². The van der Waals surface area contributed by atoms with Crippen LogP contribution in [-0.2, 0) is 11.8 Å². The predicted octanol–water partition coefficient (Wildman–Crippen LogP) is 5.47. The van der Waals surface area contributed by atoms with Gasteiger partial charge in [0.25, 0.3) is 0 Å². The molecule has 3 aromatic carbocycles. The maximum Gasteiger partial charge on any atom is 0.122 e. The SMILES string of the molecule is COc1cc(CCN(C)CCCC(C#N)(c2ccccc2)c2ccccc2)cc(OC)c1. The van der Waals surface area contributed by atoms with E-state index in [4.69, 9.17) is 9.47 Å². The minimum absolute atomic E-state index is 0.635. The molecule has 0 saturated heterocycles. The summed E-state index contributed by atoms with van der Waals surface area (Å²) in [6.07, 6.45) is 2.61. The molecule has 3 aromatic rings. The van der Waals surface area contributed by atoms with E-state index in [2.05, 4.69) is 54.4 Å². The molecule has 0 N–H and O–H groups in total. The Hall–Kier alpha value is -3.29. The molecule has 4 heteroatoms. The second-order valence-corrected chi connectivity index (χ2v) is 8.13. The molecule has 0 aliphatic heterocycles. The average molecular weight is 429 g/mol. The Morgan fingerprint density at radius 2 is 1.34 bits per heavy atom. The third kappa shape index (κ3) is 5.69. The highest BCUT2D eigenvalue weighted by molar-refractivity contribution is 5.45. The fourth-order valence-electron chi connectivity index (χ4n) is 4.14. The number of nitriles is 1. The third-order valence-corrected chi connectivity index (χ3v) is 6.01. The van der Waals surface area contributed by atoms with Crippen molar-refractivity contribution >= 4 is 0 Å². The highest BCUT2D eigenvalue weighted by Gasteiger charge is 2.33. The fraction of sp³-hybridized carbons (Fsp3) is 0.321. The van der Waals surface area contributed by atoms with Crippen molar-refractivity contribution in [3.8, 4) is 17.6 Å². The summed E-state index contributed by atoms with van der Waals surface area (Å²) in [6.45, 7) is 1.84. The molecular formula is C28H32N2O2. The predicted molar refractivity (Wildman–Crippen MR) is 129 cm³/mol. The average Bonchev–Trinajstić information content (AvgIpc) is 2.86. The van der Waals surface area contributed by atoms with Crippen molar-refractivity contribution in [3.63, 3.8) is 0 Å². The lowest BCUT2D eigenvalue weighted by atomic mass is 9.72. The van der Waals surface area contributed by atoms with Crippen LogP contribution < -0.4 is 9.47 Å². The zero-order valence-electron chi connectivity index (χ0n) is 19.3. The van der Waals surface area contributed by atoms with E-state index in [1.807, 2.05) is 42.5 Å². The molecule has 0 aliphatic rings. The molecule has 0 heterocycles. The van der Waals surface area contributed by atoms with Gasteiger partial charge in [-0.2, -0.15) is 5.26 Å². The van der Waals surface area contributed by atoms with Crippen LogP contribution in [-0.4, -0.2) is 39.3 Å². The Bertz CT molecular complexity index is 951. The van der Waals surface area contributed by atoms with E-state index in [0.717, 1.165) is 55.0 Å². The summed E-state index contributed by atoms with van der Waals surface area (Å²) in [5.41, 5.74) is 2.66. The molecule has 0 amide bonds. The molecule has 0 saturated carbocycles. The second kappa shape index (κ2) is 11.4. The van der Waals surface area contributed by atoms with Crippen molar-refractivity contribution in [2.24, 2.45) is 0 Å². The summed E-state index contributed by atoms with van der Waals surface area (Å²) >= 11 is 0. The lowest BCUT2D eigenvalue weighted by Crippen LogP contribution is -2.29. The van der Waals surface area contributed by atoms with Crippen LogP contribution in [0.2, 0.25) is 0 Å². The minimum atomic E-state index is -0.635. The minimum Gasteiger partial charge on any atom is -0.497 e. The molecule has 166 valence electrons. The topological polar surface area (TPSA) is 45.5 Å². The Morgan fingerprint density at radius 1 is 0.812 bits per heavy atom. The zero-order chi connectivity index (χ0) is 22.8. The summed E-state index contributed by atoms with van der Waals surface area (Å²) in [5.74, 6) is 1.62. The molecule has 0 fully saturated rings. The highest BCUT2D eigenvalue weighted by Crippen LogP contribution is 2.36. The van der Waals surface area contributed by atoms with Crippen LogP contribution in [0.15, 0.2) is 78.9 Å². The molecular weight excluding hydrogens is 396 g/mol. The second-order valence-electron chi connectivity index (χ2n) is 8.13. The van der Waals surface area contributed by atoms with Crippen LogP contribution >= 0.6 is 0 Å². The maximum absolute atomic E-state index is 10.3. The van der Waals surface area contributed by atoms with Crippen LogP contribution in [0.25, 0.3) is 0 Å². The molecule has 0 spiro atoms. The number of hydrogen-bond acceptors (Lipinski definition) is 4. The Kier molecular flexibility index (Phi) is 8.30. The van der Waals surface area contributed by atoms with Crippen molar-refractivity contribution in [2.45, 2.75) is 24.7 Å². The normalized spacial score (nSPS) is 11.2. The van der Waals surface area contributed by atoms with Gasteiger partial charge in [-0.05, 0) is 61.7 Å². The lowest BCUT2D eigenvalue weighted by Gasteiger charge is -2.29. The van der Waals surface area contributed by atoms with Gasteiger partial charge in [0.1, 0.15) is 16.9 Å². The molecule has 32 heavy (non-hydrogen) atoms. The van der Waals surface area contributed by atoms with E-state index >= 15 is 0 Å². The molecule has 0 bridgehead atoms. The van der Waals surface area contributed by atoms with Crippen LogP contribution in [0.1, 0.15) is 29.5 Å². The van der Waals surface area contributed by atoms with E-state index < -0.39 is 5.41 Å². The molecule has 4 nitrogen and oxygen atoms in total. The van der Waals surface area contributed by atoms with Gasteiger partial charge in [-0.25, -0.2) is 0 Å². The first-order valence-corrected chi connectivity index (χ1v) is 11.0. The van der Waals surface area contributed by atoms with Crippen molar-refractivity contribution < 1.29 is 9.47 Å². The van der Waals surface area contributed by atoms with Gasteiger partial charge in [0.2, 0.25) is 0 Å². The third-order valence-electron chi connectivity index (χ3n) is 6.01. The van der Waals surface area contributed by atoms with Gasteiger partial charge in [0.05, 0.1) is 20.3 Å². The Labute approximate surface area is 192 Å². The molecule has 3 rings (SSSR count). The number of benzene rings is 3. The highest BCUT2D eigenvalue weighted by atomic mass is 16.5. The largest absolute Gasteiger partial charge is 0.497 e. The van der Waals surface area contributed by atoms with Crippen molar-refractivity contribution in [3.05, 3.63) is 95.6 Å². The van der Waals surface area contributed by atoms with Crippen molar-refractivity contribution in [1.82, 2.24) is 4.90 Å².